The maximum atomic E-state index is 12.7. The van der Waals surface area contributed by atoms with Gasteiger partial charge in [-0.05, 0) is 12.5 Å². The van der Waals surface area contributed by atoms with Crippen LogP contribution in [0.5, 0.6) is 0 Å². The zero-order chi connectivity index (χ0) is 18.1. The van der Waals surface area contributed by atoms with Crippen LogP contribution in [-0.2, 0) is 11.3 Å². The lowest BCUT2D eigenvalue weighted by atomic mass is 10.1. The lowest BCUT2D eigenvalue weighted by Gasteiger charge is -2.18. The summed E-state index contributed by atoms with van der Waals surface area (Å²) in [6.45, 7) is 1.50. The fourth-order valence-corrected chi connectivity index (χ4v) is 2.97. The molecular formula is C17H20N2O6. The number of aromatic nitrogens is 2. The molecular weight excluding hydrogens is 328 g/mol. The minimum absolute atomic E-state index is 0.0784. The van der Waals surface area contributed by atoms with Gasteiger partial charge in [0.15, 0.2) is 6.23 Å². The van der Waals surface area contributed by atoms with Crippen LogP contribution in [0, 0.1) is 6.92 Å². The van der Waals surface area contributed by atoms with Gasteiger partial charge in [-0.1, -0.05) is 29.8 Å². The van der Waals surface area contributed by atoms with Crippen LogP contribution >= 0.6 is 0 Å². The lowest BCUT2D eigenvalue weighted by Crippen LogP contribution is -2.43. The van der Waals surface area contributed by atoms with Crippen molar-refractivity contribution in [2.45, 2.75) is 38.0 Å². The summed E-state index contributed by atoms with van der Waals surface area (Å²) in [6, 6.07) is 8.63. The highest BCUT2D eigenvalue weighted by molar-refractivity contribution is 5.22. The van der Waals surface area contributed by atoms with E-state index in [-0.39, 0.29) is 6.54 Å². The van der Waals surface area contributed by atoms with Crippen molar-refractivity contribution in [2.75, 3.05) is 6.61 Å². The van der Waals surface area contributed by atoms with Crippen LogP contribution in [0.25, 0.3) is 0 Å². The molecule has 0 aliphatic carbocycles. The molecule has 25 heavy (non-hydrogen) atoms. The van der Waals surface area contributed by atoms with E-state index in [1.54, 1.807) is 0 Å². The number of hydrogen-bond donors (Lipinski definition) is 3. The molecule has 3 N–H and O–H groups in total. The van der Waals surface area contributed by atoms with Crippen molar-refractivity contribution in [1.29, 1.82) is 0 Å². The Balaban J connectivity index is 1.98. The number of aliphatic hydroxyl groups is 3. The highest BCUT2D eigenvalue weighted by Crippen LogP contribution is 2.27. The highest BCUT2D eigenvalue weighted by Gasteiger charge is 2.43. The smallest absolute Gasteiger partial charge is 0.333 e. The Labute approximate surface area is 143 Å². The van der Waals surface area contributed by atoms with Gasteiger partial charge in [0.05, 0.1) is 13.2 Å². The van der Waals surface area contributed by atoms with E-state index in [9.17, 15) is 19.8 Å². The number of ether oxygens (including phenoxy) is 1. The summed E-state index contributed by atoms with van der Waals surface area (Å²) in [5.74, 6) is 0. The first-order valence-electron chi connectivity index (χ1n) is 7.92. The van der Waals surface area contributed by atoms with E-state index in [2.05, 4.69) is 0 Å². The molecule has 1 aromatic heterocycles. The number of aryl methyl sites for hydroxylation is 1. The molecule has 0 spiro atoms. The molecule has 134 valence electrons. The Morgan fingerprint density at radius 3 is 2.56 bits per heavy atom. The van der Waals surface area contributed by atoms with Crippen LogP contribution < -0.4 is 11.2 Å². The van der Waals surface area contributed by atoms with Gasteiger partial charge in [0.25, 0.3) is 5.56 Å². The monoisotopic (exact) mass is 348 g/mol. The third kappa shape index (κ3) is 3.29. The van der Waals surface area contributed by atoms with Gasteiger partial charge in [-0.3, -0.25) is 13.9 Å². The Kier molecular flexibility index (Phi) is 4.87. The molecule has 0 saturated carbocycles. The molecule has 2 heterocycles. The second-order valence-electron chi connectivity index (χ2n) is 6.15. The average Bonchev–Trinajstić information content (AvgIpc) is 2.87. The largest absolute Gasteiger partial charge is 0.394 e. The summed E-state index contributed by atoms with van der Waals surface area (Å²) >= 11 is 0. The molecule has 3 rings (SSSR count). The number of rotatable bonds is 4. The van der Waals surface area contributed by atoms with Crippen molar-refractivity contribution >= 4 is 0 Å². The van der Waals surface area contributed by atoms with Crippen LogP contribution in [0.4, 0.5) is 0 Å². The molecule has 1 aromatic carbocycles. The summed E-state index contributed by atoms with van der Waals surface area (Å²) < 4.78 is 7.45. The fourth-order valence-electron chi connectivity index (χ4n) is 2.97. The van der Waals surface area contributed by atoms with Gasteiger partial charge in [0, 0.05) is 12.3 Å². The standard InChI is InChI=1S/C17H20N2O6/c1-10-3-2-4-11(7-10)8-19-13(21)5-6-18(17(19)24)16-15(23)14(22)12(9-20)25-16/h2-7,12,14-16,20,22-23H,8-9H2,1H3/t12-,14-,15-,16?/m1/s1. The molecule has 8 heteroatoms. The van der Waals surface area contributed by atoms with Gasteiger partial charge in [0.1, 0.15) is 18.3 Å². The molecule has 2 aromatic rings. The molecule has 4 atom stereocenters. The van der Waals surface area contributed by atoms with Crippen molar-refractivity contribution in [3.63, 3.8) is 0 Å². The van der Waals surface area contributed by atoms with E-state index in [1.807, 2.05) is 31.2 Å². The Morgan fingerprint density at radius 1 is 1.16 bits per heavy atom. The maximum Gasteiger partial charge on any atom is 0.333 e. The number of nitrogens with zero attached hydrogens (tertiary/aromatic N) is 2. The van der Waals surface area contributed by atoms with Crippen molar-refractivity contribution in [3.05, 3.63) is 68.5 Å². The number of aliphatic hydroxyl groups excluding tert-OH is 3. The maximum absolute atomic E-state index is 12.7. The van der Waals surface area contributed by atoms with Crippen molar-refractivity contribution < 1.29 is 20.1 Å². The topological polar surface area (TPSA) is 114 Å². The van der Waals surface area contributed by atoms with Crippen LogP contribution in [0.1, 0.15) is 17.4 Å². The first-order valence-corrected chi connectivity index (χ1v) is 7.92. The van der Waals surface area contributed by atoms with E-state index in [1.165, 1.54) is 12.3 Å². The Bertz CT molecular complexity index is 874. The Morgan fingerprint density at radius 2 is 1.92 bits per heavy atom. The minimum atomic E-state index is -1.39. The SMILES string of the molecule is Cc1cccc(Cn2c(=O)ccn(C3O[C@H](CO)[C@@H](O)[C@H]3O)c2=O)c1. The van der Waals surface area contributed by atoms with Gasteiger partial charge < -0.3 is 20.1 Å². The first kappa shape index (κ1) is 17.6. The van der Waals surface area contributed by atoms with Crippen molar-refractivity contribution in [1.82, 2.24) is 9.13 Å². The summed E-state index contributed by atoms with van der Waals surface area (Å²) in [7, 11) is 0. The number of benzene rings is 1. The quantitative estimate of drug-likeness (QED) is 0.652. The Hall–Kier alpha value is -2.26. The van der Waals surface area contributed by atoms with Crippen LogP contribution in [0.2, 0.25) is 0 Å². The predicted molar refractivity (Wildman–Crippen MR) is 88.3 cm³/mol. The van der Waals surface area contributed by atoms with Crippen LogP contribution in [0.15, 0.2) is 46.1 Å². The summed E-state index contributed by atoms with van der Waals surface area (Å²) in [5.41, 5.74) is 0.654. The van der Waals surface area contributed by atoms with E-state index in [0.29, 0.717) is 0 Å². The predicted octanol–water partition coefficient (Wildman–Crippen LogP) is -1.02. The second-order valence-corrected chi connectivity index (χ2v) is 6.15. The highest BCUT2D eigenvalue weighted by atomic mass is 16.6. The summed E-state index contributed by atoms with van der Waals surface area (Å²) in [5, 5.41) is 29.1. The lowest BCUT2D eigenvalue weighted by molar-refractivity contribution is -0.0555. The van der Waals surface area contributed by atoms with Gasteiger partial charge >= 0.3 is 5.69 Å². The molecule has 8 nitrogen and oxygen atoms in total. The van der Waals surface area contributed by atoms with Crippen LogP contribution in [-0.4, -0.2) is 49.4 Å². The van der Waals surface area contributed by atoms with Crippen molar-refractivity contribution in [2.24, 2.45) is 0 Å². The van der Waals surface area contributed by atoms with Gasteiger partial charge in [-0.15, -0.1) is 0 Å². The minimum Gasteiger partial charge on any atom is -0.394 e. The molecule has 1 aliphatic rings. The third-order valence-electron chi connectivity index (χ3n) is 4.31. The zero-order valence-electron chi connectivity index (χ0n) is 13.6. The van der Waals surface area contributed by atoms with Crippen molar-refractivity contribution in [3.8, 4) is 0 Å². The molecule has 1 unspecified atom stereocenters. The summed E-state index contributed by atoms with van der Waals surface area (Å²) in [6.07, 6.45) is -3.66. The van der Waals surface area contributed by atoms with E-state index < -0.39 is 42.4 Å². The molecule has 1 aliphatic heterocycles. The molecule has 0 amide bonds. The second kappa shape index (κ2) is 6.93. The molecule has 0 radical (unpaired) electrons. The fraction of sp³-hybridized carbons (Fsp3) is 0.412. The van der Waals surface area contributed by atoms with Gasteiger partial charge in [0.2, 0.25) is 0 Å². The molecule has 0 bridgehead atoms. The zero-order valence-corrected chi connectivity index (χ0v) is 13.6. The normalized spacial score (nSPS) is 26.1. The molecule has 1 saturated heterocycles. The molecule has 1 fully saturated rings. The first-order chi connectivity index (χ1) is 11.9. The average molecular weight is 348 g/mol. The third-order valence-corrected chi connectivity index (χ3v) is 4.31. The van der Waals surface area contributed by atoms with E-state index >= 15 is 0 Å². The van der Waals surface area contributed by atoms with Gasteiger partial charge in [-0.25, -0.2) is 4.79 Å². The number of hydrogen-bond acceptors (Lipinski definition) is 6. The van der Waals surface area contributed by atoms with Gasteiger partial charge in [-0.2, -0.15) is 0 Å². The van der Waals surface area contributed by atoms with Crippen LogP contribution in [0.3, 0.4) is 0 Å². The van der Waals surface area contributed by atoms with E-state index in [4.69, 9.17) is 9.84 Å². The van der Waals surface area contributed by atoms with E-state index in [0.717, 1.165) is 20.3 Å². The summed E-state index contributed by atoms with van der Waals surface area (Å²) in [4.78, 5) is 24.8.